The molecule has 0 fully saturated rings. The number of hydrogen-bond acceptors (Lipinski definition) is 1. The number of rotatable bonds is 11. The summed E-state index contributed by atoms with van der Waals surface area (Å²) in [6.07, 6.45) is 15.2. The maximum absolute atomic E-state index is 10.0. The number of aldehydes is 1. The first-order chi connectivity index (χ1) is 6.91. The van der Waals surface area contributed by atoms with Crippen molar-refractivity contribution in [2.45, 2.75) is 77.6 Å². The molecule has 17 heavy (non-hydrogen) atoms. The Bertz CT molecular complexity index is 121. The third-order valence-corrected chi connectivity index (χ3v) is 2.68. The molecule has 0 aliphatic heterocycles. The third-order valence-electron chi connectivity index (χ3n) is 2.68. The van der Waals surface area contributed by atoms with Crippen LogP contribution >= 0.6 is 0 Å². The molecule has 0 saturated carbocycles. The first-order valence-electron chi connectivity index (χ1n) is 6.35. The molecule has 0 N–H and O–H groups in total. The Morgan fingerprint density at radius 1 is 0.647 bits per heavy atom. The van der Waals surface area contributed by atoms with E-state index in [0.29, 0.717) is 0 Å². The SMILES string of the molecule is CCCCCCCCCCCCC=O.[Os].[Os].[Os]. The largest absolute Gasteiger partial charge is 0.303 e. The minimum atomic E-state index is 0. The molecule has 0 aromatic carbocycles. The van der Waals surface area contributed by atoms with Crippen LogP contribution < -0.4 is 0 Å². The zero-order chi connectivity index (χ0) is 10.5. The number of hydrogen-bond donors (Lipinski definition) is 0. The van der Waals surface area contributed by atoms with Crippen LogP contribution in [0.2, 0.25) is 0 Å². The summed E-state index contributed by atoms with van der Waals surface area (Å²) in [5.74, 6) is 0. The van der Waals surface area contributed by atoms with Crippen molar-refractivity contribution in [1.82, 2.24) is 0 Å². The van der Waals surface area contributed by atoms with E-state index >= 15 is 0 Å². The van der Waals surface area contributed by atoms with E-state index in [2.05, 4.69) is 6.92 Å². The van der Waals surface area contributed by atoms with Gasteiger partial charge in [-0.2, -0.15) is 0 Å². The molecule has 0 amide bonds. The second-order valence-electron chi connectivity index (χ2n) is 4.14. The van der Waals surface area contributed by atoms with Gasteiger partial charge in [0.25, 0.3) is 0 Å². The summed E-state index contributed by atoms with van der Waals surface area (Å²) in [4.78, 5) is 10.0. The van der Waals surface area contributed by atoms with Crippen LogP contribution in [0.25, 0.3) is 0 Å². The maximum atomic E-state index is 10.0. The topological polar surface area (TPSA) is 17.1 Å². The summed E-state index contributed by atoms with van der Waals surface area (Å²) < 4.78 is 0. The molecule has 0 aromatic rings. The average Bonchev–Trinajstić information content (AvgIpc) is 2.21. The van der Waals surface area contributed by atoms with Crippen LogP contribution in [0.5, 0.6) is 0 Å². The molecule has 0 unspecified atom stereocenters. The Kier molecular flexibility index (Phi) is 41.6. The third kappa shape index (κ3) is 27.0. The fourth-order valence-electron chi connectivity index (χ4n) is 1.72. The molecule has 0 aliphatic carbocycles. The van der Waals surface area contributed by atoms with Gasteiger partial charge in [0.05, 0.1) is 0 Å². The van der Waals surface area contributed by atoms with Crippen molar-refractivity contribution in [3.8, 4) is 0 Å². The zero-order valence-corrected chi connectivity index (χ0v) is 18.4. The molecule has 1 nitrogen and oxygen atoms in total. The van der Waals surface area contributed by atoms with Crippen molar-refractivity contribution in [3.05, 3.63) is 0 Å². The summed E-state index contributed by atoms with van der Waals surface area (Å²) in [5, 5.41) is 0. The minimum absolute atomic E-state index is 0. The fourth-order valence-corrected chi connectivity index (χ4v) is 1.72. The molecule has 0 aliphatic rings. The van der Waals surface area contributed by atoms with Gasteiger partial charge < -0.3 is 4.79 Å². The van der Waals surface area contributed by atoms with Crippen LogP contribution in [0.4, 0.5) is 0 Å². The van der Waals surface area contributed by atoms with Crippen molar-refractivity contribution in [2.24, 2.45) is 0 Å². The van der Waals surface area contributed by atoms with Crippen molar-refractivity contribution < 1.29 is 64.2 Å². The molecule has 0 spiro atoms. The van der Waals surface area contributed by atoms with Gasteiger partial charge in [-0.15, -0.1) is 0 Å². The molecule has 0 bridgehead atoms. The van der Waals surface area contributed by atoms with Crippen LogP contribution in [0.3, 0.4) is 0 Å². The monoisotopic (exact) mass is 774 g/mol. The van der Waals surface area contributed by atoms with Crippen molar-refractivity contribution >= 4 is 6.29 Å². The van der Waals surface area contributed by atoms with E-state index in [-0.39, 0.29) is 59.4 Å². The van der Waals surface area contributed by atoms with Gasteiger partial charge in [0.2, 0.25) is 0 Å². The average molecular weight is 769 g/mol. The molecule has 0 radical (unpaired) electrons. The summed E-state index contributed by atoms with van der Waals surface area (Å²) >= 11 is 0. The van der Waals surface area contributed by atoms with Gasteiger partial charge in [0, 0.05) is 65.8 Å². The van der Waals surface area contributed by atoms with E-state index in [1.807, 2.05) is 0 Å². The smallest absolute Gasteiger partial charge is 0.119 e. The van der Waals surface area contributed by atoms with E-state index in [0.717, 1.165) is 19.1 Å². The van der Waals surface area contributed by atoms with Crippen LogP contribution in [0, 0.1) is 0 Å². The molecule has 0 aromatic heterocycles. The normalized spacial score (nSPS) is 8.53. The Labute approximate surface area is 147 Å². The molecule has 0 atom stereocenters. The van der Waals surface area contributed by atoms with E-state index in [1.54, 1.807) is 0 Å². The second kappa shape index (κ2) is 26.2. The Balaban J connectivity index is -0.000000282. The summed E-state index contributed by atoms with van der Waals surface area (Å²) in [6, 6.07) is 0. The minimum Gasteiger partial charge on any atom is -0.303 e. The maximum Gasteiger partial charge on any atom is 0.119 e. The van der Waals surface area contributed by atoms with E-state index in [9.17, 15) is 4.79 Å². The summed E-state index contributed by atoms with van der Waals surface area (Å²) in [5.41, 5.74) is 0. The molecular weight excluding hydrogens is 743 g/mol. The first-order valence-corrected chi connectivity index (χ1v) is 6.35. The fraction of sp³-hybridized carbons (Fsp3) is 0.923. The predicted molar refractivity (Wildman–Crippen MR) is 62.5 cm³/mol. The molecule has 108 valence electrons. The number of carbonyl (C=O) groups is 1. The van der Waals surface area contributed by atoms with Crippen molar-refractivity contribution in [3.63, 3.8) is 0 Å². The van der Waals surface area contributed by atoms with Gasteiger partial charge in [-0.25, -0.2) is 0 Å². The summed E-state index contributed by atoms with van der Waals surface area (Å²) in [7, 11) is 0. The molecule has 0 saturated heterocycles. The van der Waals surface area contributed by atoms with Gasteiger partial charge in [-0.05, 0) is 6.42 Å². The van der Waals surface area contributed by atoms with Gasteiger partial charge >= 0.3 is 0 Å². The standard InChI is InChI=1S/C13H26O.3Os/c1-2-3-4-5-6-7-8-9-10-11-12-13-14;;;/h13H,2-12H2,1H3;;;. The van der Waals surface area contributed by atoms with Gasteiger partial charge in [0.15, 0.2) is 0 Å². The Morgan fingerprint density at radius 2 is 1.00 bits per heavy atom. The van der Waals surface area contributed by atoms with Crippen LogP contribution in [-0.4, -0.2) is 6.29 Å². The van der Waals surface area contributed by atoms with Crippen LogP contribution in [0.15, 0.2) is 0 Å². The van der Waals surface area contributed by atoms with Crippen LogP contribution in [0.1, 0.15) is 77.6 Å². The summed E-state index contributed by atoms with van der Waals surface area (Å²) in [6.45, 7) is 2.26. The van der Waals surface area contributed by atoms with Crippen molar-refractivity contribution in [2.75, 3.05) is 0 Å². The van der Waals surface area contributed by atoms with Crippen LogP contribution in [-0.2, 0) is 64.2 Å². The molecule has 0 rings (SSSR count). The molecule has 0 heterocycles. The van der Waals surface area contributed by atoms with E-state index < -0.39 is 0 Å². The van der Waals surface area contributed by atoms with Crippen molar-refractivity contribution in [1.29, 1.82) is 0 Å². The van der Waals surface area contributed by atoms with E-state index in [4.69, 9.17) is 0 Å². The molecular formula is C13H26OOs3. The Morgan fingerprint density at radius 3 is 1.35 bits per heavy atom. The van der Waals surface area contributed by atoms with Gasteiger partial charge in [-0.1, -0.05) is 64.7 Å². The van der Waals surface area contributed by atoms with Gasteiger partial charge in [-0.3, -0.25) is 0 Å². The Hall–Kier alpha value is 1.58. The predicted octanol–water partition coefficient (Wildman–Crippen LogP) is 4.49. The zero-order valence-electron chi connectivity index (χ0n) is 10.8. The van der Waals surface area contributed by atoms with Gasteiger partial charge in [0.1, 0.15) is 6.29 Å². The quantitative estimate of drug-likeness (QED) is 0.224. The second-order valence-corrected chi connectivity index (χ2v) is 4.14. The number of carbonyl (C=O) groups excluding carboxylic acids is 1. The molecule has 4 heteroatoms. The van der Waals surface area contributed by atoms with E-state index in [1.165, 1.54) is 57.8 Å². The number of unbranched alkanes of at least 4 members (excludes halogenated alkanes) is 10. The first kappa shape index (κ1) is 27.0.